The summed E-state index contributed by atoms with van der Waals surface area (Å²) in [5.41, 5.74) is 0.274. The summed E-state index contributed by atoms with van der Waals surface area (Å²) >= 11 is 0. The number of rotatable bonds is 8. The smallest absolute Gasteiger partial charge is 0.331 e. The maximum Gasteiger partial charge on any atom is 0.331 e. The van der Waals surface area contributed by atoms with Crippen LogP contribution in [0.15, 0.2) is 11.6 Å². The first-order valence-corrected chi connectivity index (χ1v) is 7.71. The quantitative estimate of drug-likeness (QED) is 0.523. The molecule has 0 amide bonds. The number of allylic oxidation sites excluding steroid dienone is 1. The van der Waals surface area contributed by atoms with Gasteiger partial charge in [0.15, 0.2) is 0 Å². The fourth-order valence-electron chi connectivity index (χ4n) is 2.97. The standard InChI is InChI=1S/C16H26O4/c1-2-3-5-10-13(15(17)18)11-14(16(19)20)12-8-6-4-7-9-12/h10,12,14H,2-9,11H2,1H3,(H,17,18)(H,19,20). The van der Waals surface area contributed by atoms with Crippen LogP contribution in [-0.2, 0) is 9.59 Å². The van der Waals surface area contributed by atoms with Gasteiger partial charge < -0.3 is 10.2 Å². The van der Waals surface area contributed by atoms with E-state index in [0.717, 1.165) is 44.9 Å². The van der Waals surface area contributed by atoms with E-state index >= 15 is 0 Å². The minimum Gasteiger partial charge on any atom is -0.481 e. The number of carbonyl (C=O) groups is 2. The SMILES string of the molecule is CCCCC=C(CC(C(=O)O)C1CCCCC1)C(=O)O. The van der Waals surface area contributed by atoms with Gasteiger partial charge in [0, 0.05) is 5.57 Å². The first-order chi connectivity index (χ1) is 9.56. The summed E-state index contributed by atoms with van der Waals surface area (Å²) < 4.78 is 0. The molecule has 0 saturated heterocycles. The lowest BCUT2D eigenvalue weighted by Gasteiger charge is -2.27. The van der Waals surface area contributed by atoms with Gasteiger partial charge >= 0.3 is 11.9 Å². The minimum atomic E-state index is -0.969. The van der Waals surface area contributed by atoms with Crippen LogP contribution in [0.25, 0.3) is 0 Å². The Morgan fingerprint density at radius 3 is 2.35 bits per heavy atom. The topological polar surface area (TPSA) is 74.6 Å². The lowest BCUT2D eigenvalue weighted by atomic mass is 9.77. The fraction of sp³-hybridized carbons (Fsp3) is 0.750. The maximum atomic E-state index is 11.5. The molecule has 4 heteroatoms. The number of unbranched alkanes of at least 4 members (excludes halogenated alkanes) is 2. The Morgan fingerprint density at radius 2 is 1.85 bits per heavy atom. The van der Waals surface area contributed by atoms with Crippen molar-refractivity contribution in [1.82, 2.24) is 0 Å². The van der Waals surface area contributed by atoms with Crippen molar-refractivity contribution in [1.29, 1.82) is 0 Å². The third-order valence-corrected chi connectivity index (χ3v) is 4.20. The van der Waals surface area contributed by atoms with Crippen LogP contribution in [-0.4, -0.2) is 22.2 Å². The molecule has 4 nitrogen and oxygen atoms in total. The highest BCUT2D eigenvalue weighted by molar-refractivity contribution is 5.87. The van der Waals surface area contributed by atoms with Crippen LogP contribution in [0.4, 0.5) is 0 Å². The molecule has 0 spiro atoms. The Hall–Kier alpha value is -1.32. The molecular weight excluding hydrogens is 256 g/mol. The zero-order chi connectivity index (χ0) is 15.0. The van der Waals surface area contributed by atoms with Crippen molar-refractivity contribution < 1.29 is 19.8 Å². The van der Waals surface area contributed by atoms with Crippen molar-refractivity contribution in [2.75, 3.05) is 0 Å². The number of carboxylic acids is 2. The molecule has 0 aromatic heterocycles. The summed E-state index contributed by atoms with van der Waals surface area (Å²) in [5, 5.41) is 18.6. The Labute approximate surface area is 120 Å². The molecule has 114 valence electrons. The maximum absolute atomic E-state index is 11.5. The molecule has 1 atom stereocenters. The van der Waals surface area contributed by atoms with Crippen LogP contribution >= 0.6 is 0 Å². The lowest BCUT2D eigenvalue weighted by Crippen LogP contribution is -2.27. The number of carboxylic acid groups (broad SMARTS) is 2. The van der Waals surface area contributed by atoms with Gasteiger partial charge in [-0.2, -0.15) is 0 Å². The first-order valence-electron chi connectivity index (χ1n) is 7.71. The highest BCUT2D eigenvalue weighted by Gasteiger charge is 2.31. The molecule has 0 bridgehead atoms. The summed E-state index contributed by atoms with van der Waals surface area (Å²) in [6, 6.07) is 0. The molecule has 1 rings (SSSR count). The predicted molar refractivity (Wildman–Crippen MR) is 77.6 cm³/mol. The molecule has 1 fully saturated rings. The molecule has 20 heavy (non-hydrogen) atoms. The Bertz CT molecular complexity index is 353. The second-order valence-electron chi connectivity index (χ2n) is 5.72. The normalized spacial score (nSPS) is 18.8. The van der Waals surface area contributed by atoms with E-state index < -0.39 is 17.9 Å². The van der Waals surface area contributed by atoms with Crippen molar-refractivity contribution >= 4 is 11.9 Å². The summed E-state index contributed by atoms with van der Waals surface area (Å²) in [4.78, 5) is 22.7. The molecule has 1 aliphatic carbocycles. The second kappa shape index (κ2) is 8.77. The number of hydrogen-bond donors (Lipinski definition) is 2. The molecule has 0 aliphatic heterocycles. The van der Waals surface area contributed by atoms with Gasteiger partial charge in [0.05, 0.1) is 5.92 Å². The van der Waals surface area contributed by atoms with Gasteiger partial charge in [0.25, 0.3) is 0 Å². The van der Waals surface area contributed by atoms with Crippen molar-refractivity contribution in [3.8, 4) is 0 Å². The van der Waals surface area contributed by atoms with E-state index in [-0.39, 0.29) is 17.9 Å². The van der Waals surface area contributed by atoms with Crippen molar-refractivity contribution in [3.05, 3.63) is 11.6 Å². The Balaban J connectivity index is 2.72. The summed E-state index contributed by atoms with van der Waals surface area (Å²) in [6.07, 6.45) is 9.68. The molecular formula is C16H26O4. The molecule has 1 saturated carbocycles. The highest BCUT2D eigenvalue weighted by Crippen LogP contribution is 2.33. The summed E-state index contributed by atoms with van der Waals surface area (Å²) in [7, 11) is 0. The molecule has 1 unspecified atom stereocenters. The van der Waals surface area contributed by atoms with E-state index in [9.17, 15) is 19.8 Å². The molecule has 0 radical (unpaired) electrons. The van der Waals surface area contributed by atoms with E-state index in [0.29, 0.717) is 0 Å². The van der Waals surface area contributed by atoms with Gasteiger partial charge in [-0.25, -0.2) is 4.79 Å². The van der Waals surface area contributed by atoms with Crippen LogP contribution in [0.5, 0.6) is 0 Å². The van der Waals surface area contributed by atoms with Gasteiger partial charge in [-0.3, -0.25) is 4.79 Å². The van der Waals surface area contributed by atoms with Crippen LogP contribution in [0.1, 0.15) is 64.7 Å². The molecule has 1 aliphatic rings. The summed E-state index contributed by atoms with van der Waals surface area (Å²) in [6.45, 7) is 2.05. The Kier molecular flexibility index (Phi) is 7.34. The zero-order valence-electron chi connectivity index (χ0n) is 12.3. The monoisotopic (exact) mass is 282 g/mol. The van der Waals surface area contributed by atoms with E-state index in [2.05, 4.69) is 6.92 Å². The average molecular weight is 282 g/mol. The van der Waals surface area contributed by atoms with Crippen LogP contribution in [0.2, 0.25) is 0 Å². The molecule has 0 aromatic carbocycles. The van der Waals surface area contributed by atoms with Crippen molar-refractivity contribution in [2.45, 2.75) is 64.7 Å². The number of aliphatic carboxylic acids is 2. The first kappa shape index (κ1) is 16.7. The summed E-state index contributed by atoms with van der Waals surface area (Å²) in [5.74, 6) is -2.22. The van der Waals surface area contributed by atoms with Crippen LogP contribution in [0, 0.1) is 11.8 Å². The minimum absolute atomic E-state index is 0.134. The van der Waals surface area contributed by atoms with Gasteiger partial charge in [-0.05, 0) is 31.6 Å². The fourth-order valence-corrected chi connectivity index (χ4v) is 2.97. The third-order valence-electron chi connectivity index (χ3n) is 4.20. The zero-order valence-corrected chi connectivity index (χ0v) is 12.3. The highest BCUT2D eigenvalue weighted by atomic mass is 16.4. The van der Waals surface area contributed by atoms with Gasteiger partial charge in [-0.15, -0.1) is 0 Å². The molecule has 2 N–H and O–H groups in total. The van der Waals surface area contributed by atoms with Crippen LogP contribution in [0.3, 0.4) is 0 Å². The largest absolute Gasteiger partial charge is 0.481 e. The van der Waals surface area contributed by atoms with E-state index in [1.165, 1.54) is 6.42 Å². The number of hydrogen-bond acceptors (Lipinski definition) is 2. The molecule has 0 heterocycles. The molecule has 0 aromatic rings. The van der Waals surface area contributed by atoms with E-state index in [1.807, 2.05) is 0 Å². The lowest BCUT2D eigenvalue weighted by molar-refractivity contribution is -0.144. The van der Waals surface area contributed by atoms with Gasteiger partial charge in [0.2, 0.25) is 0 Å². The Morgan fingerprint density at radius 1 is 1.20 bits per heavy atom. The van der Waals surface area contributed by atoms with Crippen LogP contribution < -0.4 is 0 Å². The van der Waals surface area contributed by atoms with E-state index in [4.69, 9.17) is 0 Å². The predicted octanol–water partition coefficient (Wildman–Crippen LogP) is 3.86. The second-order valence-corrected chi connectivity index (χ2v) is 5.72. The average Bonchev–Trinajstić information content (AvgIpc) is 2.43. The third kappa shape index (κ3) is 5.35. The van der Waals surface area contributed by atoms with Crippen molar-refractivity contribution in [2.24, 2.45) is 11.8 Å². The van der Waals surface area contributed by atoms with Crippen molar-refractivity contribution in [3.63, 3.8) is 0 Å². The van der Waals surface area contributed by atoms with E-state index in [1.54, 1.807) is 6.08 Å². The van der Waals surface area contributed by atoms with Gasteiger partial charge in [-0.1, -0.05) is 45.1 Å². The van der Waals surface area contributed by atoms with Gasteiger partial charge in [0.1, 0.15) is 0 Å².